The molecule has 1 aromatic carbocycles. The number of alkyl halides is 1. The Hall–Kier alpha value is -1.60. The molecule has 0 aliphatic rings. The first-order valence-electron chi connectivity index (χ1n) is 6.50. The van der Waals surface area contributed by atoms with Crippen LogP contribution >= 0.6 is 11.6 Å². The van der Waals surface area contributed by atoms with E-state index in [1.807, 2.05) is 0 Å². The highest BCUT2D eigenvalue weighted by molar-refractivity contribution is 7.93. The van der Waals surface area contributed by atoms with E-state index in [1.54, 1.807) is 0 Å². The van der Waals surface area contributed by atoms with Crippen LogP contribution in [0.5, 0.6) is 0 Å². The summed E-state index contributed by atoms with van der Waals surface area (Å²) in [7, 11) is -2.41. The van der Waals surface area contributed by atoms with Crippen molar-refractivity contribution in [2.75, 3.05) is 24.1 Å². The average molecular weight is 348 g/mol. The molecule has 1 N–H and O–H groups in total. The number of carbonyl (C=O) groups excluding carboxylic acids is 2. The Balaban J connectivity index is 2.99. The summed E-state index contributed by atoms with van der Waals surface area (Å²) < 4.78 is 27.0. The summed E-state index contributed by atoms with van der Waals surface area (Å²) in [5.41, 5.74) is 0.682. The summed E-state index contributed by atoms with van der Waals surface area (Å²) in [6, 6.07) is 5.90. The number of hydrogen-bond acceptors (Lipinski definition) is 5. The molecule has 1 rings (SSSR count). The van der Waals surface area contributed by atoms with Gasteiger partial charge in [-0.2, -0.15) is 0 Å². The van der Waals surface area contributed by atoms with E-state index in [9.17, 15) is 18.0 Å². The van der Waals surface area contributed by atoms with Crippen LogP contribution in [-0.4, -0.2) is 43.8 Å². The number of rotatable bonds is 6. The standard InChI is InChI=1S/C14H18ClNO5S/c1-4-22(19,20)14(2,9-15)13(18)16-11-7-5-10(6-8-11)12(17)21-3/h5-8H,4,9H2,1-3H3,(H,16,18)/t14-/m1/s1. The number of carbonyl (C=O) groups is 2. The number of halogens is 1. The minimum absolute atomic E-state index is 0.190. The molecule has 0 unspecified atom stereocenters. The van der Waals surface area contributed by atoms with Crippen LogP contribution in [0, 0.1) is 0 Å². The highest BCUT2D eigenvalue weighted by atomic mass is 35.5. The van der Waals surface area contributed by atoms with E-state index in [1.165, 1.54) is 45.2 Å². The van der Waals surface area contributed by atoms with Crippen molar-refractivity contribution >= 4 is 39.0 Å². The molecule has 0 radical (unpaired) electrons. The predicted molar refractivity (Wildman–Crippen MR) is 85.0 cm³/mol. The second kappa shape index (κ2) is 7.11. The van der Waals surface area contributed by atoms with Gasteiger partial charge in [0.1, 0.15) is 0 Å². The molecule has 1 atom stereocenters. The molecule has 0 aliphatic carbocycles. The van der Waals surface area contributed by atoms with Crippen LogP contribution in [0.3, 0.4) is 0 Å². The maximum atomic E-state index is 12.3. The Kier molecular flexibility index (Phi) is 5.96. The van der Waals surface area contributed by atoms with E-state index >= 15 is 0 Å². The number of methoxy groups -OCH3 is 1. The molecular weight excluding hydrogens is 330 g/mol. The molecule has 0 saturated carbocycles. The number of nitrogens with one attached hydrogen (secondary N) is 1. The van der Waals surface area contributed by atoms with Crippen LogP contribution in [-0.2, 0) is 19.4 Å². The van der Waals surface area contributed by atoms with E-state index in [0.717, 1.165) is 0 Å². The SMILES string of the molecule is CCS(=O)(=O)[C@](C)(CCl)C(=O)Nc1ccc(C(=O)OC)cc1. The number of ether oxygens (including phenoxy) is 1. The van der Waals surface area contributed by atoms with Crippen molar-refractivity contribution in [2.24, 2.45) is 0 Å². The number of hydrogen-bond donors (Lipinski definition) is 1. The van der Waals surface area contributed by atoms with E-state index < -0.39 is 26.5 Å². The van der Waals surface area contributed by atoms with Gasteiger partial charge < -0.3 is 10.1 Å². The smallest absolute Gasteiger partial charge is 0.337 e. The van der Waals surface area contributed by atoms with Crippen molar-refractivity contribution in [3.05, 3.63) is 29.8 Å². The van der Waals surface area contributed by atoms with Crippen molar-refractivity contribution in [2.45, 2.75) is 18.6 Å². The number of anilines is 1. The zero-order valence-corrected chi connectivity index (χ0v) is 14.1. The summed E-state index contributed by atoms with van der Waals surface area (Å²) in [6.45, 7) is 2.75. The molecule has 1 aromatic rings. The van der Waals surface area contributed by atoms with Crippen molar-refractivity contribution < 1.29 is 22.7 Å². The predicted octanol–water partition coefficient (Wildman–Crippen LogP) is 1.84. The maximum Gasteiger partial charge on any atom is 0.337 e. The Labute approximate surface area is 134 Å². The van der Waals surface area contributed by atoms with Crippen LogP contribution in [0.25, 0.3) is 0 Å². The summed E-state index contributed by atoms with van der Waals surface area (Å²) >= 11 is 5.72. The minimum atomic E-state index is -3.67. The zero-order chi connectivity index (χ0) is 17.0. The minimum Gasteiger partial charge on any atom is -0.465 e. The number of sulfone groups is 1. The van der Waals surface area contributed by atoms with Crippen LogP contribution in [0.1, 0.15) is 24.2 Å². The van der Waals surface area contributed by atoms with E-state index in [-0.39, 0.29) is 11.6 Å². The molecule has 0 aromatic heterocycles. The second-order valence-corrected chi connectivity index (χ2v) is 7.77. The van der Waals surface area contributed by atoms with Crippen molar-refractivity contribution in [1.82, 2.24) is 0 Å². The van der Waals surface area contributed by atoms with Gasteiger partial charge in [-0.1, -0.05) is 6.92 Å². The molecule has 8 heteroatoms. The Morgan fingerprint density at radius 2 is 1.82 bits per heavy atom. The Bertz CT molecular complexity index is 656. The third kappa shape index (κ3) is 3.59. The molecule has 22 heavy (non-hydrogen) atoms. The monoisotopic (exact) mass is 347 g/mol. The molecular formula is C14H18ClNO5S. The van der Waals surface area contributed by atoms with Gasteiger partial charge in [-0.3, -0.25) is 4.79 Å². The molecule has 0 saturated heterocycles. The van der Waals surface area contributed by atoms with Gasteiger partial charge in [0.25, 0.3) is 0 Å². The summed E-state index contributed by atoms with van der Waals surface area (Å²) in [6.07, 6.45) is 0. The van der Waals surface area contributed by atoms with Gasteiger partial charge in [0.05, 0.1) is 18.6 Å². The van der Waals surface area contributed by atoms with Crippen LogP contribution < -0.4 is 5.32 Å². The molecule has 122 valence electrons. The Morgan fingerprint density at radius 3 is 2.23 bits per heavy atom. The van der Waals surface area contributed by atoms with Gasteiger partial charge in [-0.25, -0.2) is 13.2 Å². The second-order valence-electron chi connectivity index (χ2n) is 4.79. The number of amides is 1. The lowest BCUT2D eigenvalue weighted by Gasteiger charge is -2.25. The Morgan fingerprint density at radius 1 is 1.27 bits per heavy atom. The third-order valence-electron chi connectivity index (χ3n) is 3.37. The number of esters is 1. The largest absolute Gasteiger partial charge is 0.465 e. The van der Waals surface area contributed by atoms with Crippen molar-refractivity contribution in [3.63, 3.8) is 0 Å². The average Bonchev–Trinajstić information content (AvgIpc) is 2.53. The first-order valence-corrected chi connectivity index (χ1v) is 8.68. The number of benzene rings is 1. The van der Waals surface area contributed by atoms with E-state index in [0.29, 0.717) is 11.3 Å². The normalized spacial score (nSPS) is 14.0. The van der Waals surface area contributed by atoms with Gasteiger partial charge in [0.15, 0.2) is 14.6 Å². The van der Waals surface area contributed by atoms with Crippen molar-refractivity contribution in [3.8, 4) is 0 Å². The fraction of sp³-hybridized carbons (Fsp3) is 0.429. The van der Waals surface area contributed by atoms with Gasteiger partial charge in [-0.15, -0.1) is 11.6 Å². The fourth-order valence-electron chi connectivity index (χ4n) is 1.67. The first-order chi connectivity index (χ1) is 10.2. The highest BCUT2D eigenvalue weighted by Crippen LogP contribution is 2.23. The van der Waals surface area contributed by atoms with Crippen LogP contribution in [0.15, 0.2) is 24.3 Å². The lowest BCUT2D eigenvalue weighted by atomic mass is 10.1. The summed E-state index contributed by atoms with van der Waals surface area (Å²) in [5.74, 6) is -1.76. The van der Waals surface area contributed by atoms with Crippen LogP contribution in [0.4, 0.5) is 5.69 Å². The fourth-order valence-corrected chi connectivity index (χ4v) is 3.43. The highest BCUT2D eigenvalue weighted by Gasteiger charge is 2.44. The molecule has 1 amide bonds. The van der Waals surface area contributed by atoms with Gasteiger partial charge in [0, 0.05) is 11.4 Å². The van der Waals surface area contributed by atoms with E-state index in [2.05, 4.69) is 10.1 Å². The van der Waals surface area contributed by atoms with Gasteiger partial charge in [0.2, 0.25) is 5.91 Å². The summed E-state index contributed by atoms with van der Waals surface area (Å²) in [5, 5.41) is 2.50. The molecule has 6 nitrogen and oxygen atoms in total. The molecule has 0 bridgehead atoms. The lowest BCUT2D eigenvalue weighted by Crippen LogP contribution is -2.49. The van der Waals surface area contributed by atoms with Gasteiger partial charge in [-0.05, 0) is 31.2 Å². The quantitative estimate of drug-likeness (QED) is 0.626. The zero-order valence-electron chi connectivity index (χ0n) is 12.6. The maximum absolute atomic E-state index is 12.3. The van der Waals surface area contributed by atoms with Crippen molar-refractivity contribution in [1.29, 1.82) is 0 Å². The molecule has 0 fully saturated rings. The third-order valence-corrected chi connectivity index (χ3v) is 6.52. The topological polar surface area (TPSA) is 89.5 Å². The molecule has 0 aliphatic heterocycles. The molecule has 0 spiro atoms. The van der Waals surface area contributed by atoms with Gasteiger partial charge >= 0.3 is 5.97 Å². The van der Waals surface area contributed by atoms with Crippen LogP contribution in [0.2, 0.25) is 0 Å². The molecule has 0 heterocycles. The van der Waals surface area contributed by atoms with E-state index in [4.69, 9.17) is 11.6 Å². The summed E-state index contributed by atoms with van der Waals surface area (Å²) in [4.78, 5) is 23.6. The lowest BCUT2D eigenvalue weighted by molar-refractivity contribution is -0.117. The first kappa shape index (κ1) is 18.4.